The molecule has 1 aliphatic carbocycles. The van der Waals surface area contributed by atoms with Crippen LogP contribution in [0.2, 0.25) is 0 Å². The topological polar surface area (TPSA) is 58.1 Å². The van der Waals surface area contributed by atoms with Crippen LogP contribution in [0.3, 0.4) is 0 Å². The van der Waals surface area contributed by atoms with Gasteiger partial charge in [-0.3, -0.25) is 9.69 Å². The van der Waals surface area contributed by atoms with Crippen LogP contribution in [0.4, 0.5) is 0 Å². The van der Waals surface area contributed by atoms with Crippen LogP contribution >= 0.6 is 0 Å². The van der Waals surface area contributed by atoms with Crippen LogP contribution < -0.4 is 5.32 Å². The van der Waals surface area contributed by atoms with E-state index >= 15 is 0 Å². The minimum absolute atomic E-state index is 0.0678. The molecule has 1 saturated carbocycles. The lowest BCUT2D eigenvalue weighted by Crippen LogP contribution is -2.40. The Kier molecular flexibility index (Phi) is 3.93. The predicted octanol–water partition coefficient (Wildman–Crippen LogP) is 1.81. The predicted molar refractivity (Wildman–Crippen MR) is 81.1 cm³/mol. The van der Waals surface area contributed by atoms with Crippen LogP contribution in [0, 0.1) is 5.92 Å². The Morgan fingerprint density at radius 3 is 2.71 bits per heavy atom. The molecule has 2 aliphatic rings. The number of hydrogen-bond donors (Lipinski definition) is 1. The first-order valence-corrected chi connectivity index (χ1v) is 7.91. The number of carbonyl (C=O) groups excluding carboxylic acids is 1. The van der Waals surface area contributed by atoms with Gasteiger partial charge >= 0.3 is 0 Å². The van der Waals surface area contributed by atoms with E-state index in [1.807, 2.05) is 6.07 Å². The summed E-state index contributed by atoms with van der Waals surface area (Å²) < 4.78 is 0. The zero-order valence-electron chi connectivity index (χ0n) is 13.0. The molecule has 5 nitrogen and oxygen atoms in total. The first-order valence-electron chi connectivity index (χ1n) is 7.91. The largest absolute Gasteiger partial charge is 0.346 e. The summed E-state index contributed by atoms with van der Waals surface area (Å²) in [4.78, 5) is 23.2. The molecule has 1 aliphatic heterocycles. The zero-order chi connectivity index (χ0) is 15.0. The minimum atomic E-state index is -0.0678. The van der Waals surface area contributed by atoms with Crippen molar-refractivity contribution in [3.63, 3.8) is 0 Å². The van der Waals surface area contributed by atoms with Crippen molar-refractivity contribution in [3.05, 3.63) is 23.8 Å². The van der Waals surface area contributed by atoms with Gasteiger partial charge in [0.25, 0.3) is 5.91 Å². The summed E-state index contributed by atoms with van der Waals surface area (Å²) in [6.45, 7) is 8.56. The number of carbonyl (C=O) groups is 1. The Morgan fingerprint density at radius 1 is 1.33 bits per heavy atom. The van der Waals surface area contributed by atoms with Crippen molar-refractivity contribution in [2.45, 2.75) is 51.6 Å². The number of likely N-dealkylation sites (tertiary alicyclic amines) is 1. The van der Waals surface area contributed by atoms with Crippen molar-refractivity contribution in [1.29, 1.82) is 0 Å². The van der Waals surface area contributed by atoms with Crippen LogP contribution in [0.15, 0.2) is 12.4 Å². The summed E-state index contributed by atoms with van der Waals surface area (Å²) in [7, 11) is 0. The summed E-state index contributed by atoms with van der Waals surface area (Å²) >= 11 is 0. The standard InChI is InChI=1S/C16H24N4O/c1-10(2)20-7-11(3)15(8-20)19-16(21)14-6-13(12-4-5-12)17-9-18-14/h6,9-12,15H,4-5,7-8H2,1-3H3,(H,19,21)/t11-,15-/m0/s1. The number of aromatic nitrogens is 2. The van der Waals surface area contributed by atoms with E-state index < -0.39 is 0 Å². The van der Waals surface area contributed by atoms with Gasteiger partial charge in [0, 0.05) is 36.8 Å². The van der Waals surface area contributed by atoms with Gasteiger partial charge in [-0.25, -0.2) is 9.97 Å². The third kappa shape index (κ3) is 3.23. The van der Waals surface area contributed by atoms with Crippen molar-refractivity contribution in [3.8, 4) is 0 Å². The van der Waals surface area contributed by atoms with Crippen LogP contribution in [0.25, 0.3) is 0 Å². The van der Waals surface area contributed by atoms with Crippen molar-refractivity contribution < 1.29 is 4.79 Å². The van der Waals surface area contributed by atoms with Crippen LogP contribution in [0.1, 0.15) is 55.7 Å². The molecule has 2 fully saturated rings. The summed E-state index contributed by atoms with van der Waals surface area (Å²) in [5.74, 6) is 0.948. The lowest BCUT2D eigenvalue weighted by molar-refractivity contribution is 0.0925. The molecule has 1 N–H and O–H groups in total. The van der Waals surface area contributed by atoms with Gasteiger partial charge in [-0.1, -0.05) is 6.92 Å². The molecule has 0 radical (unpaired) electrons. The summed E-state index contributed by atoms with van der Waals surface area (Å²) in [5.41, 5.74) is 1.51. The second-order valence-electron chi connectivity index (χ2n) is 6.71. The summed E-state index contributed by atoms with van der Waals surface area (Å²) in [6.07, 6.45) is 3.88. The van der Waals surface area contributed by atoms with Crippen molar-refractivity contribution in [2.24, 2.45) is 5.92 Å². The van der Waals surface area contributed by atoms with Crippen LogP contribution in [-0.2, 0) is 0 Å². The fraction of sp³-hybridized carbons (Fsp3) is 0.688. The second-order valence-corrected chi connectivity index (χ2v) is 6.71. The van der Waals surface area contributed by atoms with E-state index in [0.717, 1.165) is 18.8 Å². The molecule has 2 atom stereocenters. The highest BCUT2D eigenvalue weighted by atomic mass is 16.2. The van der Waals surface area contributed by atoms with Gasteiger partial charge in [0.15, 0.2) is 0 Å². The molecule has 0 spiro atoms. The molecule has 0 bridgehead atoms. The maximum Gasteiger partial charge on any atom is 0.270 e. The lowest BCUT2D eigenvalue weighted by atomic mass is 10.1. The van der Waals surface area contributed by atoms with E-state index in [1.54, 1.807) is 0 Å². The normalized spacial score (nSPS) is 26.3. The van der Waals surface area contributed by atoms with Crippen LogP contribution in [-0.4, -0.2) is 45.9 Å². The van der Waals surface area contributed by atoms with E-state index in [9.17, 15) is 4.79 Å². The summed E-state index contributed by atoms with van der Waals surface area (Å²) in [5, 5.41) is 3.15. The maximum absolute atomic E-state index is 12.4. The molecular weight excluding hydrogens is 264 g/mol. The molecule has 114 valence electrons. The molecule has 1 amide bonds. The molecule has 5 heteroatoms. The van der Waals surface area contributed by atoms with Crippen LogP contribution in [0.5, 0.6) is 0 Å². The number of nitrogens with zero attached hydrogens (tertiary/aromatic N) is 3. The smallest absolute Gasteiger partial charge is 0.270 e. The third-order valence-electron chi connectivity index (χ3n) is 4.60. The van der Waals surface area contributed by atoms with Gasteiger partial charge < -0.3 is 5.32 Å². The molecule has 1 aromatic rings. The Hall–Kier alpha value is -1.49. The van der Waals surface area contributed by atoms with Gasteiger partial charge in [-0.2, -0.15) is 0 Å². The van der Waals surface area contributed by atoms with Gasteiger partial charge in [-0.15, -0.1) is 0 Å². The molecule has 0 unspecified atom stereocenters. The Bertz CT molecular complexity index is 527. The zero-order valence-corrected chi connectivity index (χ0v) is 13.0. The molecule has 2 heterocycles. The van der Waals surface area contributed by atoms with Gasteiger partial charge in [-0.05, 0) is 38.7 Å². The number of hydrogen-bond acceptors (Lipinski definition) is 4. The fourth-order valence-electron chi connectivity index (χ4n) is 2.96. The second kappa shape index (κ2) is 5.72. The average Bonchev–Trinajstić information content (AvgIpc) is 3.24. The molecular formula is C16H24N4O. The van der Waals surface area contributed by atoms with E-state index in [0.29, 0.717) is 23.6 Å². The van der Waals surface area contributed by atoms with E-state index in [-0.39, 0.29) is 11.9 Å². The Balaban J connectivity index is 1.64. The molecule has 0 aromatic carbocycles. The van der Waals surface area contributed by atoms with Gasteiger partial charge in [0.05, 0.1) is 0 Å². The average molecular weight is 288 g/mol. The number of nitrogens with one attached hydrogen (secondary N) is 1. The highest BCUT2D eigenvalue weighted by Crippen LogP contribution is 2.38. The quantitative estimate of drug-likeness (QED) is 0.918. The highest BCUT2D eigenvalue weighted by molar-refractivity contribution is 5.92. The Labute approximate surface area is 126 Å². The minimum Gasteiger partial charge on any atom is -0.346 e. The highest BCUT2D eigenvalue weighted by Gasteiger charge is 2.32. The van der Waals surface area contributed by atoms with Crippen molar-refractivity contribution in [2.75, 3.05) is 13.1 Å². The van der Waals surface area contributed by atoms with E-state index in [4.69, 9.17) is 0 Å². The molecule has 3 rings (SSSR count). The number of amides is 1. The first-order chi connectivity index (χ1) is 10.0. The van der Waals surface area contributed by atoms with Gasteiger partial charge in [0.1, 0.15) is 12.0 Å². The van der Waals surface area contributed by atoms with Gasteiger partial charge in [0.2, 0.25) is 0 Å². The first kappa shape index (κ1) is 14.4. The van der Waals surface area contributed by atoms with E-state index in [1.165, 1.54) is 19.2 Å². The fourth-order valence-corrected chi connectivity index (χ4v) is 2.96. The Morgan fingerprint density at radius 2 is 2.10 bits per heavy atom. The SMILES string of the molecule is CC(C)N1C[C@H](NC(=O)c2cc(C3CC3)ncn2)[C@@H](C)C1. The monoisotopic (exact) mass is 288 g/mol. The number of rotatable bonds is 4. The summed E-state index contributed by atoms with van der Waals surface area (Å²) in [6, 6.07) is 2.58. The van der Waals surface area contributed by atoms with Crippen molar-refractivity contribution >= 4 is 5.91 Å². The molecule has 1 saturated heterocycles. The van der Waals surface area contributed by atoms with E-state index in [2.05, 4.69) is 41.0 Å². The molecule has 21 heavy (non-hydrogen) atoms. The third-order valence-corrected chi connectivity index (χ3v) is 4.60. The lowest BCUT2D eigenvalue weighted by Gasteiger charge is -2.20. The molecule has 1 aromatic heterocycles. The van der Waals surface area contributed by atoms with Crippen molar-refractivity contribution in [1.82, 2.24) is 20.2 Å². The maximum atomic E-state index is 12.4.